The maximum absolute atomic E-state index is 12.0. The molecule has 1 aromatic rings. The molecule has 0 aliphatic rings. The number of benzene rings is 1. The van der Waals surface area contributed by atoms with E-state index in [4.69, 9.17) is 0 Å². The van der Waals surface area contributed by atoms with E-state index in [0.29, 0.717) is 6.42 Å². The molecule has 0 unspecified atom stereocenters. The highest BCUT2D eigenvalue weighted by Gasteiger charge is 2.18. The third-order valence-corrected chi connectivity index (χ3v) is 4.64. The van der Waals surface area contributed by atoms with Gasteiger partial charge in [0, 0.05) is 11.8 Å². The Morgan fingerprint density at radius 3 is 2.42 bits per heavy atom. The normalized spacial score (nSPS) is 11.9. The Kier molecular flexibility index (Phi) is 6.45. The maximum atomic E-state index is 12.0. The number of rotatable bonds is 7. The highest BCUT2D eigenvalue weighted by Crippen LogP contribution is 2.13. The molecule has 0 spiro atoms. The van der Waals surface area contributed by atoms with Crippen LogP contribution in [0.2, 0.25) is 0 Å². The molecular formula is C14H17BrO3S. The minimum Gasteiger partial charge on any atom is -0.299 e. The predicted octanol–water partition coefficient (Wildman–Crippen LogP) is 3.07. The van der Waals surface area contributed by atoms with Crippen molar-refractivity contribution in [2.45, 2.75) is 24.7 Å². The van der Waals surface area contributed by atoms with Crippen LogP contribution < -0.4 is 0 Å². The number of hydrogen-bond acceptors (Lipinski definition) is 3. The third-order valence-electron chi connectivity index (χ3n) is 2.58. The van der Waals surface area contributed by atoms with Gasteiger partial charge in [0.2, 0.25) is 0 Å². The van der Waals surface area contributed by atoms with Crippen molar-refractivity contribution in [3.05, 3.63) is 42.0 Å². The third kappa shape index (κ3) is 5.70. The van der Waals surface area contributed by atoms with E-state index < -0.39 is 15.6 Å². The number of Topliss-reactive ketones (excluding diaryl/α,β-unsaturated/α-hetero) is 1. The Balaban J connectivity index is 2.62. The molecule has 1 aromatic carbocycles. The van der Waals surface area contributed by atoms with Gasteiger partial charge in [0.05, 0.1) is 4.90 Å². The van der Waals surface area contributed by atoms with Gasteiger partial charge in [-0.25, -0.2) is 8.42 Å². The lowest BCUT2D eigenvalue weighted by molar-refractivity contribution is -0.116. The van der Waals surface area contributed by atoms with Gasteiger partial charge >= 0.3 is 0 Å². The molecule has 0 aromatic heterocycles. The van der Waals surface area contributed by atoms with Crippen LogP contribution in [-0.4, -0.2) is 25.3 Å². The molecule has 1 rings (SSSR count). The van der Waals surface area contributed by atoms with E-state index in [2.05, 4.69) is 15.9 Å². The lowest BCUT2D eigenvalue weighted by Crippen LogP contribution is -2.15. The minimum absolute atomic E-state index is 0.211. The van der Waals surface area contributed by atoms with Crippen LogP contribution in [0.3, 0.4) is 0 Å². The number of aryl methyl sites for hydroxylation is 1. The molecule has 3 nitrogen and oxygen atoms in total. The Morgan fingerprint density at radius 2 is 1.84 bits per heavy atom. The van der Waals surface area contributed by atoms with Gasteiger partial charge in [-0.15, -0.1) is 0 Å². The van der Waals surface area contributed by atoms with Gasteiger partial charge in [0.15, 0.2) is 9.84 Å². The lowest BCUT2D eigenvalue weighted by Gasteiger charge is -2.03. The number of ketones is 1. The van der Waals surface area contributed by atoms with Gasteiger partial charge in [-0.2, -0.15) is 0 Å². The predicted molar refractivity (Wildman–Crippen MR) is 80.4 cm³/mol. The summed E-state index contributed by atoms with van der Waals surface area (Å²) in [5.41, 5.74) is 0.991. The number of sulfone groups is 1. The Hall–Kier alpha value is -0.940. The summed E-state index contributed by atoms with van der Waals surface area (Å²) in [4.78, 5) is 11.8. The molecule has 0 atom stereocenters. The van der Waals surface area contributed by atoms with Gasteiger partial charge in [0.1, 0.15) is 11.5 Å². The largest absolute Gasteiger partial charge is 0.299 e. The van der Waals surface area contributed by atoms with E-state index in [1.807, 2.05) is 19.1 Å². The first-order valence-electron chi connectivity index (χ1n) is 5.98. The fourth-order valence-corrected chi connectivity index (χ4v) is 3.09. The number of carbonyl (C=O) groups excluding carboxylic acids is 1. The molecular weight excluding hydrogens is 328 g/mol. The molecule has 0 saturated heterocycles. The lowest BCUT2D eigenvalue weighted by atomic mass is 10.2. The zero-order chi connectivity index (χ0) is 14.3. The monoisotopic (exact) mass is 344 g/mol. The van der Waals surface area contributed by atoms with Crippen molar-refractivity contribution in [3.8, 4) is 0 Å². The number of hydrogen-bond donors (Lipinski definition) is 0. The fraction of sp³-hybridized carbons (Fsp3) is 0.357. The number of alkyl halides is 1. The first-order chi connectivity index (χ1) is 8.95. The second-order valence-electron chi connectivity index (χ2n) is 4.28. The molecule has 19 heavy (non-hydrogen) atoms. The second kappa shape index (κ2) is 7.60. The minimum atomic E-state index is -3.50. The van der Waals surface area contributed by atoms with E-state index >= 15 is 0 Å². The summed E-state index contributed by atoms with van der Waals surface area (Å²) in [6.45, 7) is 1.89. The quantitative estimate of drug-likeness (QED) is 0.564. The Bertz CT molecular complexity index is 545. The summed E-state index contributed by atoms with van der Waals surface area (Å²) in [6.07, 6.45) is 4.59. The van der Waals surface area contributed by atoms with Gasteiger partial charge in [0.25, 0.3) is 0 Å². The van der Waals surface area contributed by atoms with Crippen LogP contribution in [0.25, 0.3) is 0 Å². The topological polar surface area (TPSA) is 51.2 Å². The van der Waals surface area contributed by atoms with Crippen molar-refractivity contribution >= 4 is 31.6 Å². The average molecular weight is 345 g/mol. The van der Waals surface area contributed by atoms with Crippen LogP contribution in [0, 0.1) is 6.92 Å². The molecule has 104 valence electrons. The summed E-state index contributed by atoms with van der Waals surface area (Å²) >= 11 is 3.23. The number of halogens is 1. The van der Waals surface area contributed by atoms with Gasteiger partial charge in [-0.1, -0.05) is 45.8 Å². The van der Waals surface area contributed by atoms with Crippen LogP contribution in [0.5, 0.6) is 0 Å². The van der Waals surface area contributed by atoms with Crippen molar-refractivity contribution in [2.24, 2.45) is 0 Å². The summed E-state index contributed by atoms with van der Waals surface area (Å²) in [5.74, 6) is -0.669. The van der Waals surface area contributed by atoms with Crippen molar-refractivity contribution in [3.63, 3.8) is 0 Å². The van der Waals surface area contributed by atoms with Crippen LogP contribution in [-0.2, 0) is 14.6 Å². The molecule has 0 heterocycles. The van der Waals surface area contributed by atoms with E-state index in [0.717, 1.165) is 10.9 Å². The van der Waals surface area contributed by atoms with Crippen LogP contribution in [0.4, 0.5) is 0 Å². The van der Waals surface area contributed by atoms with E-state index in [-0.39, 0.29) is 17.1 Å². The van der Waals surface area contributed by atoms with E-state index in [1.165, 1.54) is 0 Å². The Labute approximate surface area is 122 Å². The van der Waals surface area contributed by atoms with Crippen molar-refractivity contribution in [1.29, 1.82) is 0 Å². The van der Waals surface area contributed by atoms with Crippen molar-refractivity contribution in [2.75, 3.05) is 11.1 Å². The zero-order valence-electron chi connectivity index (χ0n) is 10.8. The van der Waals surface area contributed by atoms with Crippen LogP contribution in [0.15, 0.2) is 41.3 Å². The average Bonchev–Trinajstić information content (AvgIpc) is 2.34. The standard InChI is InChI=1S/C14H17BrO3S/c1-12-6-8-14(9-7-12)19(17,18)11-13(16)5-3-2-4-10-15/h2,4,6-9H,3,5,10-11H2,1H3/b4-2+. The highest BCUT2D eigenvalue weighted by molar-refractivity contribution is 9.09. The summed E-state index contributed by atoms with van der Waals surface area (Å²) in [6, 6.07) is 6.55. The highest BCUT2D eigenvalue weighted by atomic mass is 79.9. The second-order valence-corrected chi connectivity index (χ2v) is 6.91. The first kappa shape index (κ1) is 16.1. The number of carbonyl (C=O) groups is 1. The molecule has 0 fully saturated rings. The molecule has 0 amide bonds. The first-order valence-corrected chi connectivity index (χ1v) is 8.75. The van der Waals surface area contributed by atoms with Crippen LogP contribution in [0.1, 0.15) is 18.4 Å². The van der Waals surface area contributed by atoms with E-state index in [1.54, 1.807) is 24.3 Å². The Morgan fingerprint density at radius 1 is 1.21 bits per heavy atom. The van der Waals surface area contributed by atoms with Crippen LogP contribution >= 0.6 is 15.9 Å². The summed E-state index contributed by atoms with van der Waals surface area (Å²) in [5, 5.41) is 0.739. The summed E-state index contributed by atoms with van der Waals surface area (Å²) < 4.78 is 24.0. The molecule has 0 N–H and O–H groups in total. The molecule has 0 aliphatic carbocycles. The van der Waals surface area contributed by atoms with Gasteiger partial charge in [-0.3, -0.25) is 4.79 Å². The maximum Gasteiger partial charge on any atom is 0.185 e. The van der Waals surface area contributed by atoms with Gasteiger partial charge < -0.3 is 0 Å². The molecule has 0 aliphatic heterocycles. The summed E-state index contributed by atoms with van der Waals surface area (Å²) in [7, 11) is -3.50. The SMILES string of the molecule is Cc1ccc(S(=O)(=O)CC(=O)CC/C=C/CBr)cc1. The van der Waals surface area contributed by atoms with Gasteiger partial charge in [-0.05, 0) is 25.5 Å². The van der Waals surface area contributed by atoms with Crippen molar-refractivity contribution in [1.82, 2.24) is 0 Å². The smallest absolute Gasteiger partial charge is 0.185 e. The van der Waals surface area contributed by atoms with Crippen molar-refractivity contribution < 1.29 is 13.2 Å². The molecule has 0 radical (unpaired) electrons. The fourth-order valence-electron chi connectivity index (χ4n) is 1.54. The number of allylic oxidation sites excluding steroid dienone is 2. The molecule has 0 saturated carbocycles. The zero-order valence-corrected chi connectivity index (χ0v) is 13.2. The van der Waals surface area contributed by atoms with E-state index in [9.17, 15) is 13.2 Å². The molecule has 0 bridgehead atoms. The molecule has 5 heteroatoms.